The number of esters is 1. The predicted octanol–water partition coefficient (Wildman–Crippen LogP) is -1.86. The summed E-state index contributed by atoms with van der Waals surface area (Å²) in [5, 5.41) is 8.48. The van der Waals surface area contributed by atoms with Crippen LogP contribution in [0.2, 0.25) is 0 Å². The van der Waals surface area contributed by atoms with Crippen LogP contribution < -0.4 is 21.3 Å². The van der Waals surface area contributed by atoms with Gasteiger partial charge in [0, 0.05) is 56.1 Å². The van der Waals surface area contributed by atoms with E-state index in [0.29, 0.717) is 0 Å². The third kappa shape index (κ3) is 16.8. The van der Waals surface area contributed by atoms with Crippen LogP contribution in [0.25, 0.3) is 0 Å². The Labute approximate surface area is 247 Å². The van der Waals surface area contributed by atoms with Gasteiger partial charge in [-0.25, -0.2) is 6.29 Å². The average molecular weight is 778 g/mol. The molecule has 0 rings (SSSR count). The molecule has 12 nitrogen and oxygen atoms in total. The monoisotopic (exact) mass is 777 g/mol. The van der Waals surface area contributed by atoms with Crippen LogP contribution in [0, 0.1) is 37.5 Å². The Morgan fingerprint density at radius 2 is 1.60 bits per heavy atom. The van der Waals surface area contributed by atoms with Crippen molar-refractivity contribution in [3.63, 3.8) is 0 Å². The van der Waals surface area contributed by atoms with Gasteiger partial charge in [0.15, 0.2) is 0 Å². The SMILES string of the molecule is [3H]C(=O)C(C)NC(=O)C(CCC(=O)OCC(NC(=O)[CH-]C)C(=O)NC(C)[C-]=O)NC(=O)C(C)S.[U].[V]. The van der Waals surface area contributed by atoms with E-state index in [9.17, 15) is 33.6 Å². The van der Waals surface area contributed by atoms with Gasteiger partial charge in [-0.05, 0) is 20.3 Å². The minimum atomic E-state index is -1.30. The van der Waals surface area contributed by atoms with Gasteiger partial charge < -0.3 is 46.8 Å². The van der Waals surface area contributed by atoms with Crippen molar-refractivity contribution in [3.8, 4) is 0 Å². The molecule has 0 bridgehead atoms. The maximum atomic E-state index is 12.4. The summed E-state index contributed by atoms with van der Waals surface area (Å²) in [5.74, 6) is -3.63. The molecule has 0 aliphatic carbocycles. The molecule has 0 aliphatic rings. The number of amides is 4. The third-order valence-electron chi connectivity index (χ3n) is 4.03. The Morgan fingerprint density at radius 3 is 2.09 bits per heavy atom. The summed E-state index contributed by atoms with van der Waals surface area (Å²) < 4.78 is 12.0. The Hall–Kier alpha value is -1.45. The number of nitrogens with one attached hydrogen (secondary N) is 4. The second-order valence-electron chi connectivity index (χ2n) is 7.00. The van der Waals surface area contributed by atoms with Crippen LogP contribution in [0.5, 0.6) is 0 Å². The predicted molar refractivity (Wildman–Crippen MR) is 119 cm³/mol. The summed E-state index contributed by atoms with van der Waals surface area (Å²) in [5.41, 5.74) is 0. The first-order valence-electron chi connectivity index (χ1n) is 10.5. The van der Waals surface area contributed by atoms with Crippen molar-refractivity contribution in [2.24, 2.45) is 0 Å². The van der Waals surface area contributed by atoms with Gasteiger partial charge in [0.05, 0.1) is 17.2 Å². The third-order valence-corrected chi connectivity index (χ3v) is 4.26. The molecule has 0 saturated carbocycles. The fourth-order valence-electron chi connectivity index (χ4n) is 2.20. The van der Waals surface area contributed by atoms with E-state index in [4.69, 9.17) is 6.11 Å². The van der Waals surface area contributed by atoms with Crippen LogP contribution in [0.4, 0.5) is 0 Å². The minimum absolute atomic E-state index is 0. The van der Waals surface area contributed by atoms with E-state index in [1.807, 2.05) is 0 Å². The molecule has 15 heteroatoms. The van der Waals surface area contributed by atoms with Gasteiger partial charge >= 0.3 is 5.97 Å². The summed E-state index contributed by atoms with van der Waals surface area (Å²) in [6.07, 6.45) is 1.06. The largest absolute Gasteiger partial charge is 0.540 e. The molecule has 4 N–H and O–H groups in total. The van der Waals surface area contributed by atoms with Gasteiger partial charge in [-0.1, -0.05) is 13.0 Å². The van der Waals surface area contributed by atoms with E-state index < -0.39 is 71.9 Å². The molecule has 5 unspecified atom stereocenters. The van der Waals surface area contributed by atoms with Crippen molar-refractivity contribution in [2.75, 3.05) is 6.61 Å². The minimum Gasteiger partial charge on any atom is -0.540 e. The van der Waals surface area contributed by atoms with Crippen LogP contribution in [0.15, 0.2) is 0 Å². The van der Waals surface area contributed by atoms with Gasteiger partial charge in [-0.2, -0.15) is 19.6 Å². The first-order chi connectivity index (χ1) is 15.8. The smallest absolute Gasteiger partial charge is 0.305 e. The molecular weight excluding hydrogens is 745 g/mol. The number of hydrogen-bond donors (Lipinski definition) is 5. The van der Waals surface area contributed by atoms with Crippen LogP contribution in [0.1, 0.15) is 41.9 Å². The molecule has 0 aromatic carbocycles. The maximum Gasteiger partial charge on any atom is 0.305 e. The number of rotatable bonds is 15. The number of carbonyl (C=O) groups excluding carboxylic acids is 7. The Kier molecular flexibility index (Phi) is 21.1. The van der Waals surface area contributed by atoms with E-state index in [1.165, 1.54) is 27.7 Å². The normalized spacial score (nSPS) is 14.4. The molecule has 35 heavy (non-hydrogen) atoms. The first kappa shape index (κ1) is 35.7. The molecule has 1 radical (unpaired) electrons. The number of carbonyl (C=O) groups is 6. The van der Waals surface area contributed by atoms with Crippen LogP contribution in [-0.4, -0.2) is 78.2 Å². The molecule has 0 fully saturated rings. The van der Waals surface area contributed by atoms with Gasteiger partial charge in [-0.15, -0.1) is 0 Å². The molecule has 0 aromatic heterocycles. The average Bonchev–Trinajstić information content (AvgIpc) is 2.77. The van der Waals surface area contributed by atoms with E-state index >= 15 is 0 Å². The number of hydrogen-bond acceptors (Lipinski definition) is 9. The quantitative estimate of drug-likeness (QED) is 0.0557. The Bertz CT molecular complexity index is 793. The fraction of sp³-hybridized carbons (Fsp3) is 0.600. The second kappa shape index (κ2) is 20.7. The number of ether oxygens (including phenoxy) is 1. The zero-order valence-electron chi connectivity index (χ0n) is 20.7. The molecule has 0 aliphatic heterocycles. The zero-order valence-corrected chi connectivity index (χ0v) is 26.2. The molecule has 195 valence electrons. The molecule has 0 aromatic rings. The molecule has 0 spiro atoms. The van der Waals surface area contributed by atoms with Crippen LogP contribution >= 0.6 is 12.6 Å². The van der Waals surface area contributed by atoms with E-state index in [-0.39, 0.29) is 62.5 Å². The maximum absolute atomic E-state index is 12.4. The van der Waals surface area contributed by atoms with Crippen LogP contribution in [-0.2, 0) is 56.9 Å². The van der Waals surface area contributed by atoms with E-state index in [1.54, 1.807) is 6.29 Å². The summed E-state index contributed by atoms with van der Waals surface area (Å²) in [6.45, 7) is 4.99. The standard InChI is InChI=1S/C20H30N4O8S.U.V/c1-5-16(27)23-15(20(31)22-12(3)9-26)10-32-17(28)7-6-14(24-18(29)13(4)33)19(30)21-11(2)8-25;;/h5,8,11-15,33H,6-7,10H2,1-4H3,(H,21,30)(H,22,31)(H,23,27)(H,24,29);;/q-2;;/i8T;;. The van der Waals surface area contributed by atoms with Crippen LogP contribution in [0.3, 0.4) is 0 Å². The second-order valence-corrected chi connectivity index (χ2v) is 7.78. The van der Waals surface area contributed by atoms with Crippen molar-refractivity contribution in [2.45, 2.75) is 70.0 Å². The number of thiol groups is 1. The first-order valence-corrected chi connectivity index (χ1v) is 10.6. The van der Waals surface area contributed by atoms with E-state index in [0.717, 1.165) is 6.42 Å². The summed E-state index contributed by atoms with van der Waals surface area (Å²) in [7, 11) is 0. The molecule has 4 amide bonds. The van der Waals surface area contributed by atoms with Crippen molar-refractivity contribution in [1.29, 1.82) is 0 Å². The molecule has 0 heterocycles. The van der Waals surface area contributed by atoms with Gasteiger partial charge in [0.25, 0.3) is 0 Å². The Balaban J connectivity index is -0.00000544. The topological polar surface area (TPSA) is 177 Å². The van der Waals surface area contributed by atoms with Gasteiger partial charge in [-0.3, -0.25) is 19.2 Å². The summed E-state index contributed by atoms with van der Waals surface area (Å²) >= 11 is 3.97. The molecule has 0 saturated heterocycles. The Morgan fingerprint density at radius 1 is 1.03 bits per heavy atom. The van der Waals surface area contributed by atoms with Crippen molar-refractivity contribution in [1.82, 2.24) is 21.3 Å². The van der Waals surface area contributed by atoms with Crippen molar-refractivity contribution >= 4 is 54.8 Å². The van der Waals surface area contributed by atoms with Gasteiger partial charge in [0.2, 0.25) is 17.7 Å². The summed E-state index contributed by atoms with van der Waals surface area (Å²) in [4.78, 5) is 82.1. The summed E-state index contributed by atoms with van der Waals surface area (Å²) in [6, 6.07) is -4.61. The van der Waals surface area contributed by atoms with Crippen molar-refractivity contribution < 1.29 is 89.3 Å². The van der Waals surface area contributed by atoms with Gasteiger partial charge in [0.1, 0.15) is 26.3 Å². The fourth-order valence-corrected chi connectivity index (χ4v) is 2.27. The zero-order chi connectivity index (χ0) is 26.4. The molecule has 5 atom stereocenters. The van der Waals surface area contributed by atoms with E-state index in [2.05, 4.69) is 33.9 Å². The number of aldehydes is 1. The van der Waals surface area contributed by atoms with Crippen molar-refractivity contribution in [3.05, 3.63) is 6.42 Å². The molecular formula is C20H30N4O8SUV-2.